The molecule has 0 bridgehead atoms. The summed E-state index contributed by atoms with van der Waals surface area (Å²) in [5, 5.41) is 15.6. The summed E-state index contributed by atoms with van der Waals surface area (Å²) in [5.74, 6) is -0.702. The summed E-state index contributed by atoms with van der Waals surface area (Å²) in [7, 11) is -4.56. The van der Waals surface area contributed by atoms with Crippen LogP contribution in [-0.2, 0) is 20.3 Å². The summed E-state index contributed by atoms with van der Waals surface area (Å²) in [6.07, 6.45) is 3.17. The van der Waals surface area contributed by atoms with Crippen molar-refractivity contribution >= 4 is 26.8 Å². The molecule has 1 N–H and O–H groups in total. The number of nitrogens with zero attached hydrogens (tertiary/aromatic N) is 5. The average Bonchev–Trinajstić information content (AvgIpc) is 3.73. The van der Waals surface area contributed by atoms with Crippen molar-refractivity contribution in [2.45, 2.75) is 35.0 Å². The van der Waals surface area contributed by atoms with Crippen molar-refractivity contribution in [3.05, 3.63) is 180 Å². The molecule has 5 aromatic carbocycles. The van der Waals surface area contributed by atoms with E-state index in [1.807, 2.05) is 77.5 Å². The van der Waals surface area contributed by atoms with Gasteiger partial charge in [-0.25, -0.2) is 27.2 Å². The van der Waals surface area contributed by atoms with Gasteiger partial charge in [-0.3, -0.25) is 9.69 Å². The quantitative estimate of drug-likeness (QED) is 0.115. The van der Waals surface area contributed by atoms with E-state index in [0.29, 0.717) is 43.5 Å². The molecule has 2 aliphatic heterocycles. The van der Waals surface area contributed by atoms with E-state index in [0.717, 1.165) is 34.5 Å². The number of hydrogen-bond donors (Lipinski definition) is 1. The molecular weight excluding hydrogens is 808 g/mol. The second-order valence-electron chi connectivity index (χ2n) is 15.4. The number of pyridine rings is 1. The van der Waals surface area contributed by atoms with Gasteiger partial charge < -0.3 is 14.2 Å². The number of sulfonamides is 1. The van der Waals surface area contributed by atoms with Gasteiger partial charge in [0.1, 0.15) is 45.8 Å². The first kappa shape index (κ1) is 40.5. The highest BCUT2D eigenvalue weighted by atomic mass is 32.2. The van der Waals surface area contributed by atoms with Gasteiger partial charge in [0.05, 0.1) is 48.1 Å². The maximum atomic E-state index is 15.7. The zero-order chi connectivity index (χ0) is 42.7. The van der Waals surface area contributed by atoms with Gasteiger partial charge in [0.15, 0.2) is 0 Å². The number of carbonyl (C=O) groups excluding carboxylic acids is 1. The zero-order valence-electron chi connectivity index (χ0n) is 33.4. The Morgan fingerprint density at radius 2 is 1.44 bits per heavy atom. The Balaban J connectivity index is 0.973. The Bertz CT molecular complexity index is 2780. The Morgan fingerprint density at radius 3 is 2.03 bits per heavy atom. The molecule has 9 rings (SSSR count). The van der Waals surface area contributed by atoms with E-state index in [1.54, 1.807) is 30.5 Å². The largest absolute Gasteiger partial charge is 0.473 e. The van der Waals surface area contributed by atoms with E-state index in [1.165, 1.54) is 6.07 Å². The number of hydrogen-bond acceptors (Lipinski definition) is 10. The number of fused-ring (bicyclic) bond motifs is 1. The van der Waals surface area contributed by atoms with E-state index in [9.17, 15) is 18.5 Å². The van der Waals surface area contributed by atoms with Crippen LogP contribution in [0.5, 0.6) is 17.4 Å². The highest BCUT2D eigenvalue weighted by Gasteiger charge is 2.41. The topological polar surface area (TPSA) is 149 Å². The van der Waals surface area contributed by atoms with Crippen LogP contribution in [0.15, 0.2) is 157 Å². The van der Waals surface area contributed by atoms with Crippen molar-refractivity contribution < 1.29 is 31.8 Å². The summed E-state index contributed by atoms with van der Waals surface area (Å²) in [6.45, 7) is 2.06. The third-order valence-electron chi connectivity index (χ3n) is 11.6. The van der Waals surface area contributed by atoms with Crippen LogP contribution >= 0.6 is 0 Å². The van der Waals surface area contributed by atoms with Crippen molar-refractivity contribution in [3.63, 3.8) is 0 Å². The van der Waals surface area contributed by atoms with Crippen LogP contribution in [0.4, 0.5) is 4.39 Å². The summed E-state index contributed by atoms with van der Waals surface area (Å²) in [4.78, 5) is 19.6. The predicted molar refractivity (Wildman–Crippen MR) is 229 cm³/mol. The molecule has 14 heteroatoms. The van der Waals surface area contributed by atoms with Gasteiger partial charge in [-0.1, -0.05) is 109 Å². The third-order valence-corrected chi connectivity index (χ3v) is 12.9. The second kappa shape index (κ2) is 16.9. The van der Waals surface area contributed by atoms with Crippen molar-refractivity contribution in [1.29, 1.82) is 5.26 Å². The Hall–Kier alpha value is -6.92. The van der Waals surface area contributed by atoms with Crippen molar-refractivity contribution in [3.8, 4) is 23.4 Å². The summed E-state index contributed by atoms with van der Waals surface area (Å²) >= 11 is 0. The van der Waals surface area contributed by atoms with Gasteiger partial charge in [-0.15, -0.1) is 0 Å². The predicted octanol–water partition coefficient (Wildman–Crippen LogP) is 7.64. The van der Waals surface area contributed by atoms with Gasteiger partial charge in [0.25, 0.3) is 15.9 Å². The lowest BCUT2D eigenvalue weighted by Gasteiger charge is -2.43. The fourth-order valence-electron chi connectivity index (χ4n) is 8.22. The summed E-state index contributed by atoms with van der Waals surface area (Å²) < 4.78 is 64.3. The van der Waals surface area contributed by atoms with Crippen LogP contribution in [0.1, 0.15) is 45.5 Å². The smallest absolute Gasteiger partial charge is 0.268 e. The molecule has 12 nitrogen and oxygen atoms in total. The summed E-state index contributed by atoms with van der Waals surface area (Å²) in [5.41, 5.74) is 0.865. The molecule has 2 saturated heterocycles. The molecule has 2 aliphatic rings. The molecule has 0 atom stereocenters. The first-order valence-electron chi connectivity index (χ1n) is 20.2. The van der Waals surface area contributed by atoms with Gasteiger partial charge in [-0.05, 0) is 59.9 Å². The number of carbonyl (C=O) groups is 1. The number of halogens is 1. The fourth-order valence-corrected chi connectivity index (χ4v) is 9.16. The second-order valence-corrected chi connectivity index (χ2v) is 17.1. The minimum absolute atomic E-state index is 0.0646. The van der Waals surface area contributed by atoms with E-state index in [2.05, 4.69) is 51.0 Å². The first-order chi connectivity index (χ1) is 30.2. The SMILES string of the molecule is N#Cc1cc(S(=O)(=O)NC(=O)c2ccccc2Oc2cccc3c2cnn3C(c2ccccc2)(c2ccccc2)c2ccccc2)cnc1OCC1(F)CCN(C2COC2)CC1. The van der Waals surface area contributed by atoms with Crippen LogP contribution in [0.3, 0.4) is 0 Å². The molecule has 0 spiro atoms. The average molecular weight is 849 g/mol. The zero-order valence-corrected chi connectivity index (χ0v) is 34.2. The lowest BCUT2D eigenvalue weighted by Crippen LogP contribution is -2.55. The number of rotatable bonds is 13. The number of likely N-dealkylation sites (tertiary alicyclic amines) is 1. The number of alkyl halides is 1. The molecule has 62 heavy (non-hydrogen) atoms. The minimum atomic E-state index is -4.56. The number of para-hydroxylation sites is 1. The molecular formula is C48H41FN6O6S. The molecule has 7 aromatic rings. The molecule has 0 radical (unpaired) electrons. The monoisotopic (exact) mass is 848 g/mol. The molecule has 312 valence electrons. The minimum Gasteiger partial charge on any atom is -0.473 e. The molecule has 0 aliphatic carbocycles. The standard InChI is InChI=1S/C48H41FN6O6S/c49-47(23-25-54(26-24-47)38-31-59-32-38)33-60-46-34(28-50)27-39(29-51-46)62(57,58)53-45(56)40-19-10-11-21-43(40)61-44-22-12-20-42-41(44)30-52-55(42)48(35-13-4-1-5-14-35,36-15-6-2-7-16-36)37-17-8-3-9-18-37/h1-22,27,29-30,38H,23-26,31-33H2,(H,53,56). The Morgan fingerprint density at radius 1 is 0.839 bits per heavy atom. The summed E-state index contributed by atoms with van der Waals surface area (Å²) in [6, 6.07) is 45.5. The number of amides is 1. The lowest BCUT2D eigenvalue weighted by molar-refractivity contribution is -0.0892. The molecule has 0 unspecified atom stereocenters. The van der Waals surface area contributed by atoms with Crippen LogP contribution in [0.25, 0.3) is 10.9 Å². The van der Waals surface area contributed by atoms with E-state index in [-0.39, 0.29) is 42.2 Å². The fraction of sp³-hybridized carbons (Fsp3) is 0.208. The van der Waals surface area contributed by atoms with E-state index >= 15 is 4.39 Å². The Labute approximate surface area is 358 Å². The molecule has 2 aromatic heterocycles. The lowest BCUT2D eigenvalue weighted by atomic mass is 9.77. The number of ether oxygens (including phenoxy) is 3. The highest BCUT2D eigenvalue weighted by Crippen LogP contribution is 2.43. The third kappa shape index (κ3) is 7.66. The van der Waals surface area contributed by atoms with Crippen molar-refractivity contribution in [2.75, 3.05) is 32.9 Å². The number of piperidine rings is 1. The normalized spacial score (nSPS) is 15.6. The van der Waals surface area contributed by atoms with Gasteiger partial charge in [0.2, 0.25) is 5.88 Å². The van der Waals surface area contributed by atoms with E-state index < -0.39 is 32.0 Å². The van der Waals surface area contributed by atoms with Gasteiger partial charge >= 0.3 is 0 Å². The van der Waals surface area contributed by atoms with Gasteiger partial charge in [0, 0.05) is 13.1 Å². The van der Waals surface area contributed by atoms with Crippen LogP contribution in [0.2, 0.25) is 0 Å². The van der Waals surface area contributed by atoms with Crippen LogP contribution < -0.4 is 14.2 Å². The number of aromatic nitrogens is 3. The number of nitrogens with one attached hydrogen (secondary N) is 1. The molecule has 2 fully saturated rings. The van der Waals surface area contributed by atoms with Crippen molar-refractivity contribution in [2.24, 2.45) is 0 Å². The maximum Gasteiger partial charge on any atom is 0.268 e. The molecule has 1 amide bonds. The van der Waals surface area contributed by atoms with Crippen LogP contribution in [0, 0.1) is 11.3 Å². The first-order valence-corrected chi connectivity index (χ1v) is 21.7. The van der Waals surface area contributed by atoms with Crippen molar-refractivity contribution in [1.82, 2.24) is 24.4 Å². The number of nitriles is 1. The number of benzene rings is 5. The van der Waals surface area contributed by atoms with E-state index in [4.69, 9.17) is 19.3 Å². The highest BCUT2D eigenvalue weighted by molar-refractivity contribution is 7.90. The van der Waals surface area contributed by atoms with Crippen LogP contribution in [-0.4, -0.2) is 78.6 Å². The molecule has 4 heterocycles. The molecule has 0 saturated carbocycles. The maximum absolute atomic E-state index is 15.7. The Kier molecular flexibility index (Phi) is 11.0. The van der Waals surface area contributed by atoms with Gasteiger partial charge in [-0.2, -0.15) is 10.4 Å².